The lowest BCUT2D eigenvalue weighted by atomic mass is 9.26. The zero-order valence-electron chi connectivity index (χ0n) is 26.1. The van der Waals surface area contributed by atoms with Gasteiger partial charge < -0.3 is 15.0 Å². The molecule has 0 aliphatic heterocycles. The van der Waals surface area contributed by atoms with Crippen molar-refractivity contribution in [1.82, 2.24) is 9.88 Å². The lowest BCUT2D eigenvalue weighted by Gasteiger charge is -2.43. The van der Waals surface area contributed by atoms with Crippen LogP contribution in [0.4, 0.5) is 13.2 Å². The number of hydrogen-bond donors (Lipinski definition) is 2. The quantitative estimate of drug-likeness (QED) is 0.251. The van der Waals surface area contributed by atoms with Gasteiger partial charge in [0, 0.05) is 33.6 Å². The van der Waals surface area contributed by atoms with Crippen LogP contribution in [-0.2, 0) is 27.8 Å². The lowest BCUT2D eigenvalue weighted by Crippen LogP contribution is -2.49. The standard InChI is InChI=1S/C29H33B5ClF3N2O4S/c1-2-45(43,44)22-8-4-16(5-9-22)24(15-41)39-26(42)18-6-10-25-19(11-18)13-21(40(25)29(33,34)28(30,31)32)12-17-3-7-20(35)14-23(17)27(36,37)38/h3-11,13-14,24,41H,2,12,15,30-34H2,1H3,(H,39,42)/t24-/m0/s1. The number of hydrogen-bond acceptors (Lipinski definition) is 4. The minimum absolute atomic E-state index is 0.000383. The number of aliphatic hydroxyl groups excluding tert-OH is 1. The number of carbonyl (C=O) groups is 1. The number of benzene rings is 3. The second-order valence-electron chi connectivity index (χ2n) is 12.7. The summed E-state index contributed by atoms with van der Waals surface area (Å²) in [6.45, 7) is 1.13. The fourth-order valence-corrected chi connectivity index (χ4v) is 6.31. The zero-order chi connectivity index (χ0) is 33.5. The Bertz CT molecular complexity index is 1840. The lowest BCUT2D eigenvalue weighted by molar-refractivity contribution is -0.138. The van der Waals surface area contributed by atoms with E-state index < -0.39 is 45.5 Å². The second kappa shape index (κ2) is 12.6. The highest BCUT2D eigenvalue weighted by molar-refractivity contribution is 7.91. The van der Waals surface area contributed by atoms with Gasteiger partial charge in [0.05, 0.1) is 52.4 Å². The van der Waals surface area contributed by atoms with Crippen molar-refractivity contribution >= 4 is 77.5 Å². The molecule has 232 valence electrons. The first-order chi connectivity index (χ1) is 20.8. The summed E-state index contributed by atoms with van der Waals surface area (Å²) in [6.07, 6.45) is -4.60. The van der Waals surface area contributed by atoms with Gasteiger partial charge in [0.25, 0.3) is 5.91 Å². The van der Waals surface area contributed by atoms with Crippen LogP contribution in [0.5, 0.6) is 0 Å². The molecule has 3 aromatic carbocycles. The highest BCUT2D eigenvalue weighted by Crippen LogP contribution is 2.39. The normalized spacial score (nSPS) is 13.6. The number of fused-ring (bicyclic) bond motifs is 1. The van der Waals surface area contributed by atoms with Crippen molar-refractivity contribution < 1.29 is 31.5 Å². The molecule has 0 radical (unpaired) electrons. The largest absolute Gasteiger partial charge is 0.416 e. The van der Waals surface area contributed by atoms with Gasteiger partial charge in [-0.15, -0.1) is 5.11 Å². The summed E-state index contributed by atoms with van der Waals surface area (Å²) in [7, 11) is 6.85. The summed E-state index contributed by atoms with van der Waals surface area (Å²) in [5.74, 6) is -0.517. The molecule has 1 amide bonds. The summed E-state index contributed by atoms with van der Waals surface area (Å²) < 4.78 is 68.3. The van der Waals surface area contributed by atoms with Crippen molar-refractivity contribution in [2.45, 2.75) is 40.9 Å². The van der Waals surface area contributed by atoms with E-state index >= 15 is 0 Å². The number of rotatable bonds is 10. The van der Waals surface area contributed by atoms with Gasteiger partial charge in [-0.25, -0.2) is 8.42 Å². The number of aliphatic hydroxyl groups is 1. The van der Waals surface area contributed by atoms with Crippen LogP contribution in [0.25, 0.3) is 10.9 Å². The van der Waals surface area contributed by atoms with Crippen LogP contribution in [0.1, 0.15) is 45.7 Å². The first-order valence-corrected chi connectivity index (χ1v) is 16.6. The molecule has 1 atom stereocenters. The highest BCUT2D eigenvalue weighted by Gasteiger charge is 2.38. The number of nitrogens with zero attached hydrogens (tertiary/aromatic N) is 1. The Morgan fingerprint density at radius 2 is 1.62 bits per heavy atom. The number of halogens is 4. The van der Waals surface area contributed by atoms with Crippen LogP contribution >= 0.6 is 11.6 Å². The van der Waals surface area contributed by atoms with E-state index in [9.17, 15) is 31.5 Å². The number of alkyl halides is 3. The van der Waals surface area contributed by atoms with Gasteiger partial charge in [-0.05, 0) is 65.0 Å². The Kier molecular flexibility index (Phi) is 9.79. The molecule has 4 aromatic rings. The van der Waals surface area contributed by atoms with Crippen molar-refractivity contribution in [3.8, 4) is 0 Å². The molecule has 0 fully saturated rings. The maximum atomic E-state index is 14.0. The van der Waals surface area contributed by atoms with E-state index in [0.29, 0.717) is 22.2 Å². The van der Waals surface area contributed by atoms with E-state index in [1.54, 1.807) is 37.3 Å². The fourth-order valence-electron chi connectivity index (χ4n) is 5.25. The van der Waals surface area contributed by atoms with E-state index in [1.807, 2.05) is 26.3 Å². The van der Waals surface area contributed by atoms with Crippen molar-refractivity contribution in [2.75, 3.05) is 12.4 Å². The molecule has 1 heterocycles. The van der Waals surface area contributed by atoms with Crippen molar-refractivity contribution in [1.29, 1.82) is 0 Å². The molecule has 0 unspecified atom stereocenters. The summed E-state index contributed by atoms with van der Waals surface area (Å²) in [5.41, 5.74) is 1.52. The topological polar surface area (TPSA) is 88.4 Å². The first-order valence-electron chi connectivity index (χ1n) is 14.5. The predicted octanol–water partition coefficient (Wildman–Crippen LogP) is 1.01. The molecule has 16 heteroatoms. The van der Waals surface area contributed by atoms with Gasteiger partial charge in [-0.1, -0.05) is 36.7 Å². The van der Waals surface area contributed by atoms with Crippen molar-refractivity contribution in [3.63, 3.8) is 0 Å². The van der Waals surface area contributed by atoms with Gasteiger partial charge in [-0.3, -0.25) is 4.79 Å². The van der Waals surface area contributed by atoms with Gasteiger partial charge in [0.15, 0.2) is 9.84 Å². The Morgan fingerprint density at radius 3 is 2.18 bits per heavy atom. The van der Waals surface area contributed by atoms with E-state index in [4.69, 9.17) is 11.6 Å². The summed E-state index contributed by atoms with van der Waals surface area (Å²) in [6, 6.07) is 15.9. The van der Waals surface area contributed by atoms with Gasteiger partial charge >= 0.3 is 6.18 Å². The third kappa shape index (κ3) is 7.20. The van der Waals surface area contributed by atoms with Crippen LogP contribution in [-0.4, -0.2) is 75.6 Å². The Labute approximate surface area is 271 Å². The molecular formula is C29H33B5ClF3N2O4S. The summed E-state index contributed by atoms with van der Waals surface area (Å²) >= 11 is 5.93. The maximum Gasteiger partial charge on any atom is 0.416 e. The average Bonchev–Trinajstić information content (AvgIpc) is 3.33. The number of nitrogens with one attached hydrogen (secondary N) is 1. The van der Waals surface area contributed by atoms with E-state index in [-0.39, 0.29) is 32.8 Å². The van der Waals surface area contributed by atoms with Crippen LogP contribution in [0.15, 0.2) is 71.6 Å². The molecule has 0 saturated heterocycles. The number of carbonyl (C=O) groups excluding carboxylic acids is 1. The maximum absolute atomic E-state index is 14.0. The molecule has 45 heavy (non-hydrogen) atoms. The Morgan fingerprint density at radius 1 is 0.978 bits per heavy atom. The van der Waals surface area contributed by atoms with E-state index in [2.05, 4.69) is 28.9 Å². The van der Waals surface area contributed by atoms with Crippen LogP contribution in [0.2, 0.25) is 10.1 Å². The summed E-state index contributed by atoms with van der Waals surface area (Å²) in [4.78, 5) is 13.5. The average molecular weight is 652 g/mol. The molecule has 2 N–H and O–H groups in total. The highest BCUT2D eigenvalue weighted by atomic mass is 35.5. The van der Waals surface area contributed by atoms with Crippen LogP contribution in [0.3, 0.4) is 0 Å². The molecule has 0 spiro atoms. The minimum Gasteiger partial charge on any atom is -0.394 e. The molecule has 6 nitrogen and oxygen atoms in total. The molecule has 0 aliphatic carbocycles. The second-order valence-corrected chi connectivity index (χ2v) is 15.4. The monoisotopic (exact) mass is 652 g/mol. The number of sulfone groups is 1. The Hall–Kier alpha value is -3.02. The van der Waals surface area contributed by atoms with Crippen molar-refractivity contribution in [3.05, 3.63) is 99.7 Å². The molecule has 4 rings (SSSR count). The third-order valence-electron chi connectivity index (χ3n) is 8.79. The summed E-state index contributed by atoms with van der Waals surface area (Å²) in [5, 5.41) is 12.7. The molecule has 0 aliphatic rings. The predicted molar refractivity (Wildman–Crippen MR) is 186 cm³/mol. The number of aromatic nitrogens is 1. The SMILES string of the molecule is BC(B)(B)C(B)(B)n1c(Cc2ccc(Cl)cc2C(F)(F)F)cc2cc(C(=O)N[C@@H](CO)c3ccc(S(=O)(=O)CC)cc3)ccc21. The van der Waals surface area contributed by atoms with E-state index in [0.717, 1.165) is 11.6 Å². The van der Waals surface area contributed by atoms with Crippen molar-refractivity contribution in [2.24, 2.45) is 0 Å². The third-order valence-corrected chi connectivity index (χ3v) is 10.8. The molecular weight excluding hydrogens is 619 g/mol. The van der Waals surface area contributed by atoms with E-state index in [1.165, 1.54) is 24.3 Å². The van der Waals surface area contributed by atoms with Crippen LogP contribution in [0, 0.1) is 0 Å². The Balaban J connectivity index is 1.74. The molecule has 0 saturated carbocycles. The molecule has 0 bridgehead atoms. The van der Waals surface area contributed by atoms with Gasteiger partial charge in [0.1, 0.15) is 15.7 Å². The van der Waals surface area contributed by atoms with Gasteiger partial charge in [-0.2, -0.15) is 13.2 Å². The smallest absolute Gasteiger partial charge is 0.394 e. The fraction of sp³-hybridized carbons (Fsp3) is 0.276. The zero-order valence-corrected chi connectivity index (χ0v) is 27.7. The van der Waals surface area contributed by atoms with Gasteiger partial charge in [0.2, 0.25) is 0 Å². The first kappa shape index (κ1) is 34.9. The molecule has 1 aromatic heterocycles. The number of amides is 1. The minimum atomic E-state index is -4.59. The van der Waals surface area contributed by atoms with Crippen LogP contribution < -0.4 is 5.32 Å².